The maximum atomic E-state index is 13.0. The van der Waals surface area contributed by atoms with Gasteiger partial charge in [0.05, 0.1) is 9.81 Å². The van der Waals surface area contributed by atoms with Gasteiger partial charge in [0.25, 0.3) is 11.8 Å². The van der Waals surface area contributed by atoms with Gasteiger partial charge in [0.1, 0.15) is 22.6 Å². The van der Waals surface area contributed by atoms with Crippen molar-refractivity contribution >= 4 is 82.0 Å². The molecule has 69 heavy (non-hydrogen) atoms. The second-order valence-electron chi connectivity index (χ2n) is 14.5. The molecule has 20 heteroatoms. The molecule has 2 aliphatic carbocycles. The molecule has 2 aliphatic rings. The van der Waals surface area contributed by atoms with Crippen LogP contribution >= 0.6 is 23.5 Å². The topological polar surface area (TPSA) is 255 Å². The highest BCUT2D eigenvalue weighted by Crippen LogP contribution is 2.33. The molecule has 0 radical (unpaired) electrons. The highest BCUT2D eigenvalue weighted by Gasteiger charge is 2.37. The molecule has 2 heterocycles. The minimum absolute atomic E-state index is 0.126. The summed E-state index contributed by atoms with van der Waals surface area (Å²) < 4.78 is 20.3. The number of fused-ring (bicyclic) bond motifs is 2. The number of nitrogens with one attached hydrogen (secondary N) is 4. The number of anilines is 2. The zero-order chi connectivity index (χ0) is 48.5. The number of carbonyl (C=O) groups is 8. The number of thioether (sulfide) groups is 2. The number of para-hydroxylation sites is 4. The van der Waals surface area contributed by atoms with Crippen LogP contribution in [0.3, 0.4) is 0 Å². The van der Waals surface area contributed by atoms with Crippen molar-refractivity contribution in [2.75, 3.05) is 35.2 Å². The average molecular weight is 969 g/mol. The number of unbranched alkanes of at least 4 members (excludes halogenated alkanes) is 1. The molecular formula is C49H40N6O12S2. The van der Waals surface area contributed by atoms with E-state index >= 15 is 0 Å². The highest BCUT2D eigenvalue weighted by atomic mass is 32.2. The number of rotatable bonds is 17. The molecular weight excluding hydrogens is 929 g/mol. The van der Waals surface area contributed by atoms with Crippen molar-refractivity contribution in [3.63, 3.8) is 0 Å². The van der Waals surface area contributed by atoms with E-state index in [-0.39, 0.29) is 43.8 Å². The number of ketones is 4. The summed E-state index contributed by atoms with van der Waals surface area (Å²) in [6, 6.07) is 34.7. The number of nitrogens with zero attached hydrogens (tertiary/aromatic N) is 2. The lowest BCUT2D eigenvalue weighted by Gasteiger charge is -2.11. The summed E-state index contributed by atoms with van der Waals surface area (Å²) in [6.45, 7) is 0.717. The summed E-state index contributed by atoms with van der Waals surface area (Å²) in [4.78, 5) is 100. The van der Waals surface area contributed by atoms with Crippen molar-refractivity contribution in [2.45, 2.75) is 19.3 Å². The number of ether oxygens (including phenoxy) is 2. The lowest BCUT2D eigenvalue weighted by atomic mass is 9.99. The Morgan fingerprint density at radius 2 is 0.870 bits per heavy atom. The Labute approximate surface area is 401 Å². The van der Waals surface area contributed by atoms with Crippen LogP contribution in [0.2, 0.25) is 0 Å². The zero-order valence-electron chi connectivity index (χ0n) is 36.3. The van der Waals surface area contributed by atoms with Gasteiger partial charge in [0.15, 0.2) is 11.4 Å². The quantitative estimate of drug-likeness (QED) is 0.0624. The molecule has 2 aromatic heterocycles. The van der Waals surface area contributed by atoms with Crippen LogP contribution in [0.5, 0.6) is 11.5 Å². The van der Waals surface area contributed by atoms with Crippen LogP contribution in [0.25, 0.3) is 0 Å². The van der Waals surface area contributed by atoms with Crippen LogP contribution in [-0.2, 0) is 0 Å². The number of benzene rings is 4. The van der Waals surface area contributed by atoms with E-state index in [1.807, 2.05) is 12.1 Å². The maximum Gasteiger partial charge on any atom is 0.412 e. The van der Waals surface area contributed by atoms with Gasteiger partial charge in [-0.05, 0) is 79.3 Å². The van der Waals surface area contributed by atoms with Gasteiger partial charge in [-0.25, -0.2) is 9.59 Å². The normalized spacial score (nSPS) is 12.5. The number of allylic oxidation sites excluding steroid dienone is 4. The number of carbonyl (C=O) groups excluding carboxylic acids is 8. The lowest BCUT2D eigenvalue weighted by molar-refractivity contribution is 0.0966. The van der Waals surface area contributed by atoms with Crippen LogP contribution in [-0.4, -0.2) is 82.0 Å². The van der Waals surface area contributed by atoms with Crippen molar-refractivity contribution in [3.8, 4) is 11.5 Å². The van der Waals surface area contributed by atoms with Crippen molar-refractivity contribution in [2.24, 2.45) is 0 Å². The summed E-state index contributed by atoms with van der Waals surface area (Å²) >= 11 is 2.36. The third-order valence-electron chi connectivity index (χ3n) is 9.60. The first kappa shape index (κ1) is 48.6. The second kappa shape index (κ2) is 23.9. The monoisotopic (exact) mass is 968 g/mol. The van der Waals surface area contributed by atoms with Gasteiger partial charge in [0.2, 0.25) is 34.7 Å². The summed E-state index contributed by atoms with van der Waals surface area (Å²) in [5.41, 5.74) is 0.299. The van der Waals surface area contributed by atoms with Crippen LogP contribution in [0.15, 0.2) is 152 Å². The Hall–Kier alpha value is -8.36. The Kier molecular flexibility index (Phi) is 16.8. The molecule has 18 nitrogen and oxygen atoms in total. The smallest absolute Gasteiger partial charge is 0.410 e. The molecule has 4 aromatic carbocycles. The third kappa shape index (κ3) is 13.2. The average Bonchev–Trinajstić information content (AvgIpc) is 4.02. The number of hydrogen-bond donors (Lipinski definition) is 4. The molecule has 4 amide bonds. The van der Waals surface area contributed by atoms with E-state index in [9.17, 15) is 38.4 Å². The number of Topliss-reactive ketones (excluding diaryl/α,β-unsaturated/α-hetero) is 2. The van der Waals surface area contributed by atoms with Crippen LogP contribution in [0, 0.1) is 0 Å². The molecule has 6 aromatic rings. The van der Waals surface area contributed by atoms with Gasteiger partial charge in [-0.1, -0.05) is 83.1 Å². The van der Waals surface area contributed by atoms with Crippen molar-refractivity contribution in [1.82, 2.24) is 20.9 Å². The van der Waals surface area contributed by atoms with Gasteiger partial charge in [-0.2, -0.15) is 0 Å². The second-order valence-corrected chi connectivity index (χ2v) is 16.8. The van der Waals surface area contributed by atoms with E-state index < -0.39 is 47.1 Å². The van der Waals surface area contributed by atoms with Crippen molar-refractivity contribution in [1.29, 1.82) is 0 Å². The summed E-state index contributed by atoms with van der Waals surface area (Å²) in [7, 11) is 0. The van der Waals surface area contributed by atoms with E-state index in [0.29, 0.717) is 66.7 Å². The number of amides is 4. The fraction of sp³-hybridized carbons (Fsp3) is 0.143. The third-order valence-corrected chi connectivity index (χ3v) is 11.8. The summed E-state index contributed by atoms with van der Waals surface area (Å²) in [6.07, 6.45) is 3.10. The molecule has 0 aliphatic heterocycles. The first-order valence-electron chi connectivity index (χ1n) is 21.2. The van der Waals surface area contributed by atoms with Gasteiger partial charge in [-0.15, -0.1) is 23.5 Å². The lowest BCUT2D eigenvalue weighted by Crippen LogP contribution is -2.28. The summed E-state index contributed by atoms with van der Waals surface area (Å²) in [5.74, 6) is -1.94. The molecule has 0 spiro atoms. The van der Waals surface area contributed by atoms with E-state index in [1.54, 1.807) is 109 Å². The Balaban J connectivity index is 0.000000204. The molecule has 0 unspecified atom stereocenters. The SMILES string of the molecule is O=C(NCCCCSC1=CC(=O)c2onc(C(=O)Nc3ccccc3)c2C1=O)Oc1ccccc1.O=C(NCCCSC1=CC(=O)c2onc(C(=O)Nc3ccccc3)c2C1=O)Oc1ccccc1. The van der Waals surface area contributed by atoms with E-state index in [4.69, 9.17) is 18.5 Å². The standard InChI is InChI=1S/C25H21N3O6S.C24H19N3O6S/c29-18-15-19(35-14-8-7-13-26-25(32)33-17-11-5-2-6-12-17)22(30)20-21(28-34-23(18)20)24(31)27-16-9-3-1-4-10-16;28-17-14-18(34-13-7-12-25-24(31)32-16-10-5-2-6-11-16)21(29)19-20(27-33-22(17)19)23(30)26-15-8-3-1-4-9-15/h1-6,9-12,15H,7-8,13-14H2,(H,26,32)(H,27,31);1-6,8-11,14H,7,12-13H2,(H,25,31)(H,26,30). The Bertz CT molecular complexity index is 2920. The fourth-order valence-corrected chi connectivity index (χ4v) is 8.26. The van der Waals surface area contributed by atoms with Gasteiger partial charge in [0, 0.05) is 36.6 Å². The van der Waals surface area contributed by atoms with E-state index in [1.165, 1.54) is 23.9 Å². The van der Waals surface area contributed by atoms with Gasteiger partial charge < -0.3 is 39.8 Å². The number of hydrogen-bond acceptors (Lipinski definition) is 16. The molecule has 0 bridgehead atoms. The molecule has 4 N–H and O–H groups in total. The zero-order valence-corrected chi connectivity index (χ0v) is 37.9. The molecule has 0 saturated carbocycles. The minimum Gasteiger partial charge on any atom is -0.410 e. The van der Waals surface area contributed by atoms with Crippen LogP contribution < -0.4 is 30.7 Å². The number of aromatic nitrogens is 2. The molecule has 0 fully saturated rings. The van der Waals surface area contributed by atoms with E-state index in [2.05, 4.69) is 31.6 Å². The minimum atomic E-state index is -0.648. The maximum absolute atomic E-state index is 13.0. The first-order chi connectivity index (χ1) is 33.5. The van der Waals surface area contributed by atoms with Crippen molar-refractivity contribution < 1.29 is 56.9 Å². The molecule has 0 atom stereocenters. The summed E-state index contributed by atoms with van der Waals surface area (Å²) in [5, 5.41) is 17.9. The molecule has 350 valence electrons. The first-order valence-corrected chi connectivity index (χ1v) is 23.1. The van der Waals surface area contributed by atoms with Gasteiger partial charge in [-0.3, -0.25) is 28.8 Å². The molecule has 8 rings (SSSR count). The van der Waals surface area contributed by atoms with Crippen molar-refractivity contribution in [3.05, 3.63) is 177 Å². The Morgan fingerprint density at radius 3 is 1.29 bits per heavy atom. The predicted molar refractivity (Wildman–Crippen MR) is 255 cm³/mol. The van der Waals surface area contributed by atoms with Crippen LogP contribution in [0.4, 0.5) is 21.0 Å². The molecule has 0 saturated heterocycles. The largest absolute Gasteiger partial charge is 0.412 e. The van der Waals surface area contributed by atoms with E-state index in [0.717, 1.165) is 11.8 Å². The Morgan fingerprint density at radius 1 is 0.493 bits per heavy atom. The van der Waals surface area contributed by atoms with Gasteiger partial charge >= 0.3 is 12.2 Å². The predicted octanol–water partition coefficient (Wildman–Crippen LogP) is 8.59. The highest BCUT2D eigenvalue weighted by molar-refractivity contribution is 8.04. The fourth-order valence-electron chi connectivity index (χ4n) is 6.34. The van der Waals surface area contributed by atoms with Crippen LogP contribution in [0.1, 0.15) is 82.1 Å².